The van der Waals surface area contributed by atoms with Crippen molar-refractivity contribution < 1.29 is 13.6 Å². The van der Waals surface area contributed by atoms with Crippen LogP contribution in [0.15, 0.2) is 18.2 Å². The van der Waals surface area contributed by atoms with Gasteiger partial charge in [0.2, 0.25) is 5.91 Å². The zero-order valence-corrected chi connectivity index (χ0v) is 17.2. The maximum Gasteiger partial charge on any atom is 0.240 e. The highest BCUT2D eigenvalue weighted by Crippen LogP contribution is 2.38. The Bertz CT molecular complexity index is 738. The number of fused-ring (bicyclic) bond motifs is 1. The molecule has 29 heavy (non-hydrogen) atoms. The van der Waals surface area contributed by atoms with Gasteiger partial charge in [-0.3, -0.25) is 9.69 Å². The second kappa shape index (κ2) is 8.66. The number of rotatable bonds is 5. The standard InChI is InChI=1S/C22H32F2N4O/c1-27-10-6-17(7-11-27)26-18-13-22(8-2-3-9-28(22)15-18)21(29)25-14-16-4-5-19(23)20(24)12-16/h4-5,12,17-18,26H,2-3,6-11,13-15H2,1H3,(H,25,29)/t18-,22-/m0/s1. The van der Waals surface area contributed by atoms with Crippen LogP contribution in [-0.4, -0.2) is 66.6 Å². The minimum atomic E-state index is -0.877. The van der Waals surface area contributed by atoms with Gasteiger partial charge in [-0.1, -0.05) is 6.07 Å². The van der Waals surface area contributed by atoms with Crippen molar-refractivity contribution in [3.8, 4) is 0 Å². The van der Waals surface area contributed by atoms with E-state index in [2.05, 4.69) is 27.5 Å². The van der Waals surface area contributed by atoms with E-state index in [1.165, 1.54) is 6.07 Å². The Balaban J connectivity index is 1.39. The summed E-state index contributed by atoms with van der Waals surface area (Å²) in [5, 5.41) is 6.83. The number of nitrogens with zero attached hydrogens (tertiary/aromatic N) is 2. The van der Waals surface area contributed by atoms with Gasteiger partial charge in [0.05, 0.1) is 0 Å². The molecule has 7 heteroatoms. The molecule has 0 unspecified atom stereocenters. The van der Waals surface area contributed by atoms with Crippen molar-refractivity contribution in [3.05, 3.63) is 35.4 Å². The number of benzene rings is 1. The Kier molecular flexibility index (Phi) is 6.18. The van der Waals surface area contributed by atoms with E-state index < -0.39 is 17.2 Å². The molecule has 0 spiro atoms. The molecule has 5 nitrogen and oxygen atoms in total. The number of hydrogen-bond acceptors (Lipinski definition) is 4. The lowest BCUT2D eigenvalue weighted by Gasteiger charge is -2.40. The first-order valence-electron chi connectivity index (χ1n) is 10.9. The molecule has 2 atom stereocenters. The lowest BCUT2D eigenvalue weighted by molar-refractivity contribution is -0.134. The van der Waals surface area contributed by atoms with E-state index in [0.29, 0.717) is 17.6 Å². The predicted octanol–water partition coefficient (Wildman–Crippen LogP) is 2.26. The van der Waals surface area contributed by atoms with Crippen molar-refractivity contribution in [1.29, 1.82) is 0 Å². The van der Waals surface area contributed by atoms with Gasteiger partial charge in [-0.25, -0.2) is 8.78 Å². The molecule has 1 aromatic rings. The molecule has 2 N–H and O–H groups in total. The fraction of sp³-hybridized carbons (Fsp3) is 0.682. The zero-order chi connectivity index (χ0) is 20.4. The van der Waals surface area contributed by atoms with E-state index in [-0.39, 0.29) is 12.5 Å². The maximum atomic E-state index is 13.5. The van der Waals surface area contributed by atoms with Gasteiger partial charge < -0.3 is 15.5 Å². The molecule has 4 rings (SSSR count). The van der Waals surface area contributed by atoms with Gasteiger partial charge in [0.25, 0.3) is 0 Å². The van der Waals surface area contributed by atoms with Gasteiger partial charge in [-0.2, -0.15) is 0 Å². The Morgan fingerprint density at radius 1 is 1.14 bits per heavy atom. The van der Waals surface area contributed by atoms with Gasteiger partial charge in [0.15, 0.2) is 11.6 Å². The molecule has 3 aliphatic heterocycles. The van der Waals surface area contributed by atoms with E-state index in [9.17, 15) is 13.6 Å². The maximum absolute atomic E-state index is 13.5. The van der Waals surface area contributed by atoms with E-state index in [1.807, 2.05) is 0 Å². The van der Waals surface area contributed by atoms with Crippen molar-refractivity contribution in [1.82, 2.24) is 20.4 Å². The van der Waals surface area contributed by atoms with Gasteiger partial charge in [-0.05, 0) is 82.9 Å². The van der Waals surface area contributed by atoms with E-state index in [0.717, 1.165) is 76.8 Å². The summed E-state index contributed by atoms with van der Waals surface area (Å²) >= 11 is 0. The fourth-order valence-electron chi connectivity index (χ4n) is 5.29. The Labute approximate surface area is 171 Å². The molecule has 0 radical (unpaired) electrons. The monoisotopic (exact) mass is 406 g/mol. The molecule has 160 valence electrons. The van der Waals surface area contributed by atoms with Crippen LogP contribution in [-0.2, 0) is 11.3 Å². The second-order valence-corrected chi connectivity index (χ2v) is 9.01. The number of carbonyl (C=O) groups is 1. The predicted molar refractivity (Wildman–Crippen MR) is 108 cm³/mol. The molecule has 1 amide bonds. The van der Waals surface area contributed by atoms with E-state index >= 15 is 0 Å². The van der Waals surface area contributed by atoms with Crippen LogP contribution in [0.1, 0.15) is 44.1 Å². The third-order valence-corrected chi connectivity index (χ3v) is 6.95. The fourth-order valence-corrected chi connectivity index (χ4v) is 5.29. The highest BCUT2D eigenvalue weighted by atomic mass is 19.2. The van der Waals surface area contributed by atoms with Crippen molar-refractivity contribution in [3.63, 3.8) is 0 Å². The topological polar surface area (TPSA) is 47.6 Å². The number of likely N-dealkylation sites (tertiary alicyclic amines) is 1. The van der Waals surface area contributed by atoms with Crippen molar-refractivity contribution in [2.24, 2.45) is 0 Å². The highest BCUT2D eigenvalue weighted by molar-refractivity contribution is 5.87. The third kappa shape index (κ3) is 4.47. The van der Waals surface area contributed by atoms with Crippen LogP contribution in [0.5, 0.6) is 0 Å². The van der Waals surface area contributed by atoms with Crippen LogP contribution in [0, 0.1) is 11.6 Å². The van der Waals surface area contributed by atoms with Crippen LogP contribution in [0.3, 0.4) is 0 Å². The summed E-state index contributed by atoms with van der Waals surface area (Å²) in [5.41, 5.74) is 0.106. The van der Waals surface area contributed by atoms with Crippen LogP contribution in [0.2, 0.25) is 0 Å². The Morgan fingerprint density at radius 2 is 1.93 bits per heavy atom. The largest absolute Gasteiger partial charge is 0.350 e. The Hall–Kier alpha value is -1.57. The first-order chi connectivity index (χ1) is 14.0. The average Bonchev–Trinajstić information content (AvgIpc) is 3.09. The summed E-state index contributed by atoms with van der Waals surface area (Å²) < 4.78 is 26.6. The van der Waals surface area contributed by atoms with Gasteiger partial charge >= 0.3 is 0 Å². The smallest absolute Gasteiger partial charge is 0.240 e. The Morgan fingerprint density at radius 3 is 2.69 bits per heavy atom. The normalized spacial score (nSPS) is 29.0. The van der Waals surface area contributed by atoms with Gasteiger partial charge in [0, 0.05) is 25.2 Å². The molecule has 0 saturated carbocycles. The minimum absolute atomic E-state index is 0.0228. The summed E-state index contributed by atoms with van der Waals surface area (Å²) in [7, 11) is 2.17. The number of carbonyl (C=O) groups excluding carboxylic acids is 1. The van der Waals surface area contributed by atoms with Gasteiger partial charge in [-0.15, -0.1) is 0 Å². The number of halogens is 2. The first-order valence-corrected chi connectivity index (χ1v) is 10.9. The summed E-state index contributed by atoms with van der Waals surface area (Å²) in [6, 6.07) is 4.65. The summed E-state index contributed by atoms with van der Waals surface area (Å²) in [6.07, 6.45) is 6.17. The number of hydrogen-bond donors (Lipinski definition) is 2. The number of amides is 1. The highest BCUT2D eigenvalue weighted by Gasteiger charge is 2.51. The minimum Gasteiger partial charge on any atom is -0.350 e. The van der Waals surface area contributed by atoms with Crippen LogP contribution in [0.25, 0.3) is 0 Å². The second-order valence-electron chi connectivity index (χ2n) is 9.01. The third-order valence-electron chi connectivity index (χ3n) is 6.95. The van der Waals surface area contributed by atoms with Crippen LogP contribution < -0.4 is 10.6 Å². The van der Waals surface area contributed by atoms with Crippen LogP contribution in [0.4, 0.5) is 8.78 Å². The molecule has 3 saturated heterocycles. The summed E-state index contributed by atoms with van der Waals surface area (Å²) in [6.45, 7) is 4.32. The zero-order valence-electron chi connectivity index (χ0n) is 17.2. The number of piperidine rings is 2. The lowest BCUT2D eigenvalue weighted by Crippen LogP contribution is -2.57. The molecule has 3 aliphatic rings. The molecular formula is C22H32F2N4O. The summed E-state index contributed by atoms with van der Waals surface area (Å²) in [5.74, 6) is -1.72. The lowest BCUT2D eigenvalue weighted by atomic mass is 9.84. The molecular weight excluding hydrogens is 374 g/mol. The van der Waals surface area contributed by atoms with E-state index in [4.69, 9.17) is 0 Å². The van der Waals surface area contributed by atoms with Crippen molar-refractivity contribution in [2.45, 2.75) is 62.7 Å². The molecule has 1 aromatic carbocycles. The molecule has 3 heterocycles. The van der Waals surface area contributed by atoms with Crippen molar-refractivity contribution in [2.75, 3.05) is 33.2 Å². The molecule has 0 aromatic heterocycles. The van der Waals surface area contributed by atoms with Crippen LogP contribution >= 0.6 is 0 Å². The van der Waals surface area contributed by atoms with Crippen molar-refractivity contribution >= 4 is 5.91 Å². The van der Waals surface area contributed by atoms with Gasteiger partial charge in [0.1, 0.15) is 5.54 Å². The molecule has 0 aliphatic carbocycles. The average molecular weight is 407 g/mol. The molecule has 3 fully saturated rings. The molecule has 0 bridgehead atoms. The quantitative estimate of drug-likeness (QED) is 0.788. The summed E-state index contributed by atoms with van der Waals surface area (Å²) in [4.78, 5) is 18.0. The number of nitrogens with one attached hydrogen (secondary N) is 2. The van der Waals surface area contributed by atoms with E-state index in [1.54, 1.807) is 0 Å². The first kappa shape index (κ1) is 20.7. The SMILES string of the molecule is CN1CCC(N[C@@H]2CN3CCCC[C@@]3(C(=O)NCc3ccc(F)c(F)c3)C2)CC1.